The number of benzene rings is 2. The van der Waals surface area contributed by atoms with E-state index in [0.29, 0.717) is 39.1 Å². The Labute approximate surface area is 290 Å². The van der Waals surface area contributed by atoms with Crippen LogP contribution in [0.25, 0.3) is 11.1 Å². The van der Waals surface area contributed by atoms with Crippen LogP contribution in [0.4, 0.5) is 5.13 Å². The highest BCUT2D eigenvalue weighted by atomic mass is 35.5. The van der Waals surface area contributed by atoms with Crippen LogP contribution >= 0.6 is 22.9 Å². The summed E-state index contributed by atoms with van der Waals surface area (Å²) >= 11 is 8.27. The van der Waals surface area contributed by atoms with Crippen molar-refractivity contribution in [3.05, 3.63) is 69.7 Å². The Bertz CT molecular complexity index is 1750. The average Bonchev–Trinajstić information content (AvgIpc) is 3.87. The van der Waals surface area contributed by atoms with Gasteiger partial charge in [0.15, 0.2) is 5.13 Å². The van der Waals surface area contributed by atoms with Crippen molar-refractivity contribution in [3.8, 4) is 11.1 Å². The molecule has 2 aromatic carbocycles. The van der Waals surface area contributed by atoms with E-state index in [-0.39, 0.29) is 30.4 Å². The van der Waals surface area contributed by atoms with Gasteiger partial charge in [-0.1, -0.05) is 35.9 Å². The Morgan fingerprint density at radius 2 is 1.88 bits per heavy atom. The number of aliphatic hydroxyl groups is 1. The number of halogens is 1. The number of carbonyl (C=O) groups excluding carboxylic acids is 2. The van der Waals surface area contributed by atoms with E-state index in [1.807, 2.05) is 23.9 Å². The van der Waals surface area contributed by atoms with Crippen molar-refractivity contribution < 1.29 is 14.7 Å². The van der Waals surface area contributed by atoms with Crippen molar-refractivity contribution in [2.45, 2.75) is 75.0 Å². The molecule has 3 saturated carbocycles. The zero-order chi connectivity index (χ0) is 32.6. The highest BCUT2D eigenvalue weighted by Gasteiger charge is 2.68. The van der Waals surface area contributed by atoms with Gasteiger partial charge < -0.3 is 25.1 Å². The summed E-state index contributed by atoms with van der Waals surface area (Å²) < 4.78 is 0. The molecule has 2 saturated heterocycles. The highest BCUT2D eigenvalue weighted by molar-refractivity contribution is 7.13. The lowest BCUT2D eigenvalue weighted by Gasteiger charge is -2.72. The maximum atomic E-state index is 14.2. The number of rotatable bonds is 9. The lowest BCUT2D eigenvalue weighted by molar-refractivity contribution is -0.158. The van der Waals surface area contributed by atoms with Crippen LogP contribution in [0.15, 0.2) is 53.0 Å². The second-order valence-corrected chi connectivity index (χ2v) is 16.5. The molecule has 2 N–H and O–H groups in total. The number of anilines is 1. The largest absolute Gasteiger partial charge is 0.396 e. The van der Waals surface area contributed by atoms with Gasteiger partial charge in [-0.05, 0) is 104 Å². The monoisotopic (exact) mass is 684 g/mol. The molecule has 3 atom stereocenters. The van der Waals surface area contributed by atoms with Crippen LogP contribution in [-0.4, -0.2) is 93.9 Å². The Morgan fingerprint density at radius 3 is 2.60 bits per heavy atom. The molecular formula is C37H41ClN6O3S. The van der Waals surface area contributed by atoms with E-state index in [4.69, 9.17) is 16.6 Å². The fraction of sp³-hybridized carbons (Fsp3) is 0.514. The Balaban J connectivity index is 0.913. The van der Waals surface area contributed by atoms with Crippen LogP contribution in [0, 0.1) is 11.3 Å². The molecule has 0 spiro atoms. The third kappa shape index (κ3) is 5.01. The molecule has 3 unspecified atom stereocenters. The standard InChI is InChI=1S/C37H41ClN6O3S/c38-29-15-25(24-3-5-26(6-4-24)37-18-36(19-37,20-37)21-42-11-7-23(17-45)8-12-42)14-27-28(29)16-44(34(27)47)32(33(46)41-35-39-9-13-48-35)31-30-2-1-10-43(30)22-40-31/h3-6,9,13-15,22-23,30-32,45H,1-2,7-8,10-12,16-21H2,(H,39,41,46). The zero-order valence-electron chi connectivity index (χ0n) is 27.0. The van der Waals surface area contributed by atoms with Crippen LogP contribution in [0.2, 0.25) is 5.02 Å². The lowest BCUT2D eigenvalue weighted by atomic mass is 9.33. The van der Waals surface area contributed by atoms with E-state index in [1.165, 1.54) is 42.7 Å². The molecule has 0 radical (unpaired) electrons. The summed E-state index contributed by atoms with van der Waals surface area (Å²) in [4.78, 5) is 43.5. The van der Waals surface area contributed by atoms with Crippen molar-refractivity contribution in [3.63, 3.8) is 0 Å². The van der Waals surface area contributed by atoms with Crippen molar-refractivity contribution >= 4 is 46.2 Å². The van der Waals surface area contributed by atoms with Gasteiger partial charge in [0.2, 0.25) is 0 Å². The molecular weight excluding hydrogens is 644 g/mol. The number of aliphatic hydroxyl groups excluding tert-OH is 1. The number of likely N-dealkylation sites (tertiary alicyclic amines) is 1. The molecule has 4 aliphatic heterocycles. The maximum Gasteiger partial charge on any atom is 0.255 e. The minimum Gasteiger partial charge on any atom is -0.396 e. The molecule has 1 aromatic heterocycles. The third-order valence-electron chi connectivity index (χ3n) is 12.2. The maximum absolute atomic E-state index is 14.2. The minimum atomic E-state index is -0.777. The lowest BCUT2D eigenvalue weighted by Crippen LogP contribution is -2.68. The van der Waals surface area contributed by atoms with E-state index < -0.39 is 6.04 Å². The Kier molecular flexibility index (Phi) is 7.45. The van der Waals surface area contributed by atoms with E-state index in [2.05, 4.69) is 44.4 Å². The van der Waals surface area contributed by atoms with E-state index in [1.54, 1.807) is 11.1 Å². The predicted molar refractivity (Wildman–Crippen MR) is 188 cm³/mol. The van der Waals surface area contributed by atoms with Gasteiger partial charge in [0.05, 0.1) is 12.4 Å². The first-order valence-corrected chi connectivity index (χ1v) is 18.7. The Morgan fingerprint density at radius 1 is 1.08 bits per heavy atom. The molecule has 7 aliphatic rings. The second-order valence-electron chi connectivity index (χ2n) is 15.2. The molecule has 250 valence electrons. The van der Waals surface area contributed by atoms with Gasteiger partial charge in [0, 0.05) is 54.0 Å². The summed E-state index contributed by atoms with van der Waals surface area (Å²) in [6.07, 6.45) is 11.5. The Hall–Kier alpha value is -3.31. The first kappa shape index (κ1) is 30.7. The molecule has 10 rings (SSSR count). The highest BCUT2D eigenvalue weighted by Crippen LogP contribution is 2.73. The number of nitrogens with zero attached hydrogens (tertiary/aromatic N) is 5. The fourth-order valence-corrected chi connectivity index (χ4v) is 10.7. The van der Waals surface area contributed by atoms with Gasteiger partial charge in [-0.15, -0.1) is 11.3 Å². The number of fused-ring (bicyclic) bond motifs is 2. The van der Waals surface area contributed by atoms with Crippen LogP contribution in [0.1, 0.15) is 66.4 Å². The summed E-state index contributed by atoms with van der Waals surface area (Å²) in [6, 6.07) is 11.7. The van der Waals surface area contributed by atoms with Crippen LogP contribution < -0.4 is 5.32 Å². The SMILES string of the molecule is O=C(Nc1nccs1)C(C1N=CN2CCCC12)N1Cc2c(Cl)cc(-c3ccc(C45CC(CN6CCC(CO)CC6)(C4)C5)cc3)cc2C1=O. The van der Waals surface area contributed by atoms with Crippen LogP contribution in [0.3, 0.4) is 0 Å². The van der Waals surface area contributed by atoms with Crippen molar-refractivity contribution in [2.75, 3.05) is 38.1 Å². The third-order valence-corrected chi connectivity index (χ3v) is 13.2. The number of thiazole rings is 1. The number of hydrogen-bond acceptors (Lipinski definition) is 8. The topological polar surface area (TPSA) is 101 Å². The van der Waals surface area contributed by atoms with E-state index in [9.17, 15) is 14.7 Å². The summed E-state index contributed by atoms with van der Waals surface area (Å²) in [7, 11) is 0. The molecule has 3 aliphatic carbocycles. The number of piperidine rings is 1. The number of amides is 2. The number of aromatic nitrogens is 1. The van der Waals surface area contributed by atoms with Crippen molar-refractivity contribution in [1.82, 2.24) is 19.7 Å². The van der Waals surface area contributed by atoms with Gasteiger partial charge in [0.1, 0.15) is 12.1 Å². The van der Waals surface area contributed by atoms with Gasteiger partial charge in [-0.3, -0.25) is 14.6 Å². The number of carbonyl (C=O) groups is 2. The minimum absolute atomic E-state index is 0.0958. The first-order chi connectivity index (χ1) is 23.3. The molecule has 2 bridgehead atoms. The number of nitrogens with one attached hydrogen (secondary N) is 1. The normalized spacial score (nSPS) is 29.8. The first-order valence-electron chi connectivity index (χ1n) is 17.4. The number of hydrogen-bond donors (Lipinski definition) is 2. The summed E-state index contributed by atoms with van der Waals surface area (Å²) in [5, 5.41) is 15.3. The smallest absolute Gasteiger partial charge is 0.255 e. The summed E-state index contributed by atoms with van der Waals surface area (Å²) in [6.45, 7) is 4.95. The number of aliphatic imine (C=N–C) groups is 1. The molecule has 3 aromatic rings. The molecule has 11 heteroatoms. The molecule has 48 heavy (non-hydrogen) atoms. The van der Waals surface area contributed by atoms with Gasteiger partial charge >= 0.3 is 0 Å². The van der Waals surface area contributed by atoms with Crippen molar-refractivity contribution in [1.29, 1.82) is 0 Å². The average molecular weight is 685 g/mol. The van der Waals surface area contributed by atoms with E-state index in [0.717, 1.165) is 62.0 Å². The van der Waals surface area contributed by atoms with Crippen molar-refractivity contribution in [2.24, 2.45) is 16.3 Å². The molecule has 5 fully saturated rings. The van der Waals surface area contributed by atoms with Crippen LogP contribution in [-0.2, 0) is 16.8 Å². The quantitative estimate of drug-likeness (QED) is 0.312. The van der Waals surface area contributed by atoms with Gasteiger partial charge in [-0.25, -0.2) is 4.98 Å². The van der Waals surface area contributed by atoms with E-state index >= 15 is 0 Å². The van der Waals surface area contributed by atoms with Gasteiger partial charge in [0.25, 0.3) is 11.8 Å². The van der Waals surface area contributed by atoms with Crippen LogP contribution in [0.5, 0.6) is 0 Å². The molecule has 9 nitrogen and oxygen atoms in total. The second kappa shape index (κ2) is 11.6. The fourth-order valence-electron chi connectivity index (χ4n) is 9.89. The van der Waals surface area contributed by atoms with Gasteiger partial charge in [-0.2, -0.15) is 0 Å². The summed E-state index contributed by atoms with van der Waals surface area (Å²) in [5.74, 6) is 0.0332. The summed E-state index contributed by atoms with van der Waals surface area (Å²) in [5.41, 5.74) is 5.45. The molecule has 2 amide bonds. The predicted octanol–water partition coefficient (Wildman–Crippen LogP) is 5.43. The molecule has 5 heterocycles. The zero-order valence-corrected chi connectivity index (χ0v) is 28.6.